The number of carbonyl (C=O) groups is 1. The first-order chi connectivity index (χ1) is 12.1. The summed E-state index contributed by atoms with van der Waals surface area (Å²) in [7, 11) is 0. The standard InChI is InChI=1S/C19H21N3O3/c1-14-5-11-25-19(12-14)6-9-21(10-7-19)17(23)15-13-20-16-4-2-3-8-22(16)18(15)24/h2-4,8,12-13H,5-7,9-11H2,1H3. The van der Waals surface area contributed by atoms with Crippen LogP contribution in [-0.4, -0.2) is 45.5 Å². The molecular formula is C19H21N3O3. The Morgan fingerprint density at radius 2 is 2.08 bits per heavy atom. The fourth-order valence-electron chi connectivity index (χ4n) is 3.70. The van der Waals surface area contributed by atoms with Gasteiger partial charge >= 0.3 is 0 Å². The summed E-state index contributed by atoms with van der Waals surface area (Å²) in [6.07, 6.45) is 7.74. The second kappa shape index (κ2) is 6.11. The summed E-state index contributed by atoms with van der Waals surface area (Å²) in [5.41, 5.74) is 1.45. The van der Waals surface area contributed by atoms with E-state index in [9.17, 15) is 9.59 Å². The van der Waals surface area contributed by atoms with E-state index < -0.39 is 0 Å². The fraction of sp³-hybridized carbons (Fsp3) is 0.421. The Balaban J connectivity index is 1.56. The summed E-state index contributed by atoms with van der Waals surface area (Å²) in [4.78, 5) is 31.4. The molecule has 0 saturated carbocycles. The fourth-order valence-corrected chi connectivity index (χ4v) is 3.70. The number of aromatic nitrogens is 2. The number of pyridine rings is 1. The average Bonchev–Trinajstić information content (AvgIpc) is 2.62. The van der Waals surface area contributed by atoms with Crippen molar-refractivity contribution in [2.45, 2.75) is 31.8 Å². The highest BCUT2D eigenvalue weighted by Gasteiger charge is 2.37. The number of rotatable bonds is 1. The van der Waals surface area contributed by atoms with E-state index in [0.29, 0.717) is 18.7 Å². The molecule has 130 valence electrons. The lowest BCUT2D eigenvalue weighted by Crippen LogP contribution is -2.49. The molecule has 6 nitrogen and oxygen atoms in total. The van der Waals surface area contributed by atoms with Gasteiger partial charge in [0.25, 0.3) is 11.5 Å². The minimum absolute atomic E-state index is 0.121. The van der Waals surface area contributed by atoms with Crippen LogP contribution in [0.2, 0.25) is 0 Å². The van der Waals surface area contributed by atoms with Gasteiger partial charge in [0.2, 0.25) is 0 Å². The number of ether oxygens (including phenoxy) is 1. The van der Waals surface area contributed by atoms with E-state index in [4.69, 9.17) is 4.74 Å². The van der Waals surface area contributed by atoms with E-state index in [1.807, 2.05) is 6.07 Å². The number of piperidine rings is 1. The lowest BCUT2D eigenvalue weighted by molar-refractivity contribution is -0.0522. The second-order valence-electron chi connectivity index (χ2n) is 6.85. The lowest BCUT2D eigenvalue weighted by atomic mass is 9.87. The van der Waals surface area contributed by atoms with Gasteiger partial charge in [-0.15, -0.1) is 0 Å². The maximum absolute atomic E-state index is 12.8. The molecular weight excluding hydrogens is 318 g/mol. The Morgan fingerprint density at radius 3 is 2.84 bits per heavy atom. The average molecular weight is 339 g/mol. The first kappa shape index (κ1) is 16.0. The highest BCUT2D eigenvalue weighted by Crippen LogP contribution is 2.33. The van der Waals surface area contributed by atoms with Gasteiger partial charge in [0, 0.05) is 25.5 Å². The minimum atomic E-state index is -0.319. The first-order valence-corrected chi connectivity index (χ1v) is 8.66. The third-order valence-corrected chi connectivity index (χ3v) is 5.14. The maximum Gasteiger partial charge on any atom is 0.270 e. The summed E-state index contributed by atoms with van der Waals surface area (Å²) in [5, 5.41) is 0. The SMILES string of the molecule is CC1=CC2(CCN(C(=O)c3cnc4ccccn4c3=O)CC2)OCC1. The quantitative estimate of drug-likeness (QED) is 0.746. The largest absolute Gasteiger partial charge is 0.370 e. The predicted molar refractivity (Wildman–Crippen MR) is 93.7 cm³/mol. The molecule has 0 aliphatic carbocycles. The van der Waals surface area contributed by atoms with E-state index in [0.717, 1.165) is 25.9 Å². The number of hydrogen-bond donors (Lipinski definition) is 0. The van der Waals surface area contributed by atoms with Gasteiger partial charge in [0.1, 0.15) is 11.2 Å². The number of amides is 1. The van der Waals surface area contributed by atoms with E-state index >= 15 is 0 Å². The van der Waals surface area contributed by atoms with Gasteiger partial charge in [0.15, 0.2) is 0 Å². The van der Waals surface area contributed by atoms with Crippen LogP contribution in [0.4, 0.5) is 0 Å². The number of carbonyl (C=O) groups excluding carboxylic acids is 1. The second-order valence-corrected chi connectivity index (χ2v) is 6.85. The number of nitrogens with zero attached hydrogens (tertiary/aromatic N) is 3. The Hall–Kier alpha value is -2.47. The zero-order valence-corrected chi connectivity index (χ0v) is 14.3. The summed E-state index contributed by atoms with van der Waals surface area (Å²) >= 11 is 0. The molecule has 0 aromatic carbocycles. The molecule has 6 heteroatoms. The van der Waals surface area contributed by atoms with Crippen LogP contribution in [0.25, 0.3) is 5.65 Å². The molecule has 0 unspecified atom stereocenters. The molecule has 2 aromatic rings. The summed E-state index contributed by atoms with van der Waals surface area (Å²) in [6.45, 7) is 4.04. The van der Waals surface area contributed by atoms with Crippen molar-refractivity contribution in [2.24, 2.45) is 0 Å². The molecule has 2 aromatic heterocycles. The van der Waals surface area contributed by atoms with Gasteiger partial charge in [-0.25, -0.2) is 4.98 Å². The van der Waals surface area contributed by atoms with Crippen molar-refractivity contribution in [3.63, 3.8) is 0 Å². The van der Waals surface area contributed by atoms with Gasteiger partial charge in [-0.3, -0.25) is 14.0 Å². The van der Waals surface area contributed by atoms with Crippen LogP contribution in [-0.2, 0) is 4.74 Å². The molecule has 4 rings (SSSR count). The van der Waals surface area contributed by atoms with Crippen LogP contribution in [0, 0.1) is 0 Å². The summed E-state index contributed by atoms with van der Waals surface area (Å²) < 4.78 is 7.41. The van der Waals surface area contributed by atoms with Crippen LogP contribution in [0.3, 0.4) is 0 Å². The molecule has 1 spiro atoms. The minimum Gasteiger partial charge on any atom is -0.370 e. The Kier molecular flexibility index (Phi) is 3.92. The summed E-state index contributed by atoms with van der Waals surface area (Å²) in [5.74, 6) is -0.248. The van der Waals surface area contributed by atoms with Crippen LogP contribution in [0.5, 0.6) is 0 Å². The Bertz CT molecular complexity index is 908. The predicted octanol–water partition coefficient (Wildman–Crippen LogP) is 2.04. The molecule has 0 N–H and O–H groups in total. The maximum atomic E-state index is 12.8. The highest BCUT2D eigenvalue weighted by molar-refractivity contribution is 5.93. The molecule has 1 fully saturated rings. The summed E-state index contributed by atoms with van der Waals surface area (Å²) in [6, 6.07) is 5.31. The van der Waals surface area contributed by atoms with Crippen molar-refractivity contribution in [1.29, 1.82) is 0 Å². The van der Waals surface area contributed by atoms with E-state index in [1.165, 1.54) is 16.2 Å². The molecule has 1 amide bonds. The Morgan fingerprint density at radius 1 is 1.28 bits per heavy atom. The van der Waals surface area contributed by atoms with Gasteiger partial charge in [-0.05, 0) is 38.3 Å². The van der Waals surface area contributed by atoms with E-state index in [1.54, 1.807) is 23.2 Å². The van der Waals surface area contributed by atoms with Crippen LogP contribution < -0.4 is 5.56 Å². The van der Waals surface area contributed by atoms with Gasteiger partial charge in [-0.1, -0.05) is 17.7 Å². The normalized spacial score (nSPS) is 19.9. The van der Waals surface area contributed by atoms with Crippen molar-refractivity contribution in [1.82, 2.24) is 14.3 Å². The van der Waals surface area contributed by atoms with Gasteiger partial charge in [0.05, 0.1) is 12.2 Å². The topological polar surface area (TPSA) is 63.9 Å². The van der Waals surface area contributed by atoms with Gasteiger partial charge < -0.3 is 9.64 Å². The molecule has 25 heavy (non-hydrogen) atoms. The van der Waals surface area contributed by atoms with Crippen LogP contribution in [0.1, 0.15) is 36.5 Å². The molecule has 0 atom stereocenters. The van der Waals surface area contributed by atoms with Crippen molar-refractivity contribution in [3.05, 3.63) is 58.2 Å². The third-order valence-electron chi connectivity index (χ3n) is 5.14. The molecule has 1 saturated heterocycles. The van der Waals surface area contributed by atoms with Crippen molar-refractivity contribution >= 4 is 11.6 Å². The first-order valence-electron chi connectivity index (χ1n) is 8.66. The van der Waals surface area contributed by atoms with E-state index in [2.05, 4.69) is 18.0 Å². The zero-order chi connectivity index (χ0) is 17.4. The van der Waals surface area contributed by atoms with Crippen molar-refractivity contribution < 1.29 is 9.53 Å². The number of fused-ring (bicyclic) bond motifs is 1. The van der Waals surface area contributed by atoms with Crippen LogP contribution >= 0.6 is 0 Å². The smallest absolute Gasteiger partial charge is 0.270 e. The Labute approximate surface area is 145 Å². The number of hydrogen-bond acceptors (Lipinski definition) is 4. The molecule has 4 heterocycles. The molecule has 0 radical (unpaired) electrons. The van der Waals surface area contributed by atoms with Crippen molar-refractivity contribution in [3.8, 4) is 0 Å². The van der Waals surface area contributed by atoms with Crippen LogP contribution in [0.15, 0.2) is 47.0 Å². The zero-order valence-electron chi connectivity index (χ0n) is 14.3. The van der Waals surface area contributed by atoms with E-state index in [-0.39, 0.29) is 22.6 Å². The molecule has 2 aliphatic heterocycles. The van der Waals surface area contributed by atoms with Crippen molar-refractivity contribution in [2.75, 3.05) is 19.7 Å². The number of likely N-dealkylation sites (tertiary alicyclic amines) is 1. The van der Waals surface area contributed by atoms with Gasteiger partial charge in [-0.2, -0.15) is 0 Å². The molecule has 0 bridgehead atoms. The third kappa shape index (κ3) is 2.87. The monoisotopic (exact) mass is 339 g/mol. The highest BCUT2D eigenvalue weighted by atomic mass is 16.5. The molecule has 2 aliphatic rings. The lowest BCUT2D eigenvalue weighted by Gasteiger charge is -2.42.